The number of rotatable bonds is 4. The monoisotopic (exact) mass is 329 g/mol. The first-order valence-corrected chi connectivity index (χ1v) is 6.56. The van der Waals surface area contributed by atoms with Crippen LogP contribution in [0.25, 0.3) is 0 Å². The maximum absolute atomic E-state index is 10.6. The molecule has 0 bridgehead atoms. The summed E-state index contributed by atoms with van der Waals surface area (Å²) in [5.41, 5.74) is 0.978. The molecule has 0 atom stereocenters. The average molecular weight is 330 g/mol. The van der Waals surface area contributed by atoms with E-state index >= 15 is 0 Å². The van der Waals surface area contributed by atoms with Crippen molar-refractivity contribution in [3.63, 3.8) is 0 Å². The fourth-order valence-corrected chi connectivity index (χ4v) is 2.77. The average Bonchev–Trinajstić information content (AvgIpc) is 2.73. The summed E-state index contributed by atoms with van der Waals surface area (Å²) in [6.45, 7) is 0. The molecule has 0 unspecified atom stereocenters. The first-order valence-electron chi connectivity index (χ1n) is 4.78. The van der Waals surface area contributed by atoms with Crippen molar-refractivity contribution in [2.45, 2.75) is 10.9 Å². The van der Waals surface area contributed by atoms with E-state index in [1.54, 1.807) is 6.07 Å². The van der Waals surface area contributed by atoms with Crippen molar-refractivity contribution in [3.8, 4) is 0 Å². The molecular formula is C9H8BrN5O2S. The number of halogens is 1. The second kappa shape index (κ2) is 5.36. The molecule has 0 aliphatic carbocycles. The highest BCUT2D eigenvalue weighted by Crippen LogP contribution is 2.28. The first-order chi connectivity index (χ1) is 8.58. The minimum Gasteiger partial charge on any atom is -0.336 e. The lowest BCUT2D eigenvalue weighted by atomic mass is 10.2. The van der Waals surface area contributed by atoms with Gasteiger partial charge in [-0.15, -0.1) is 10.2 Å². The Bertz CT molecular complexity index is 588. The van der Waals surface area contributed by atoms with Gasteiger partial charge in [0.1, 0.15) is 6.33 Å². The lowest BCUT2D eigenvalue weighted by Crippen LogP contribution is -2.07. The SMILES string of the molecule is Nn1cnnc1SCc1ccc([N+](=O)[O-])cc1Br. The summed E-state index contributed by atoms with van der Waals surface area (Å²) in [6.07, 6.45) is 1.41. The molecule has 7 nitrogen and oxygen atoms in total. The summed E-state index contributed by atoms with van der Waals surface area (Å²) in [4.78, 5) is 10.2. The van der Waals surface area contributed by atoms with Crippen molar-refractivity contribution < 1.29 is 4.92 Å². The predicted octanol–water partition coefficient (Wildman–Crippen LogP) is 1.95. The highest BCUT2D eigenvalue weighted by molar-refractivity contribution is 9.10. The number of aromatic nitrogens is 3. The molecule has 9 heteroatoms. The summed E-state index contributed by atoms with van der Waals surface area (Å²) >= 11 is 4.71. The van der Waals surface area contributed by atoms with Crippen LogP contribution < -0.4 is 5.84 Å². The van der Waals surface area contributed by atoms with Crippen LogP contribution >= 0.6 is 27.7 Å². The van der Waals surface area contributed by atoms with Crippen LogP contribution in [-0.4, -0.2) is 19.8 Å². The minimum absolute atomic E-state index is 0.0533. The molecule has 2 rings (SSSR count). The molecule has 0 fully saturated rings. The van der Waals surface area contributed by atoms with Gasteiger partial charge in [-0.2, -0.15) is 0 Å². The number of thioether (sulfide) groups is 1. The minimum atomic E-state index is -0.432. The molecule has 0 saturated heterocycles. The second-order valence-electron chi connectivity index (χ2n) is 3.34. The van der Waals surface area contributed by atoms with Crippen LogP contribution in [0.4, 0.5) is 5.69 Å². The largest absolute Gasteiger partial charge is 0.336 e. The molecule has 0 spiro atoms. The number of nitrogens with two attached hydrogens (primary N) is 1. The Balaban J connectivity index is 2.11. The molecular weight excluding hydrogens is 322 g/mol. The van der Waals surface area contributed by atoms with Crippen molar-refractivity contribution in [1.82, 2.24) is 14.9 Å². The number of non-ortho nitro benzene ring substituents is 1. The molecule has 0 amide bonds. The predicted molar refractivity (Wildman–Crippen MR) is 70.5 cm³/mol. The molecule has 0 aliphatic heterocycles. The van der Waals surface area contributed by atoms with E-state index in [4.69, 9.17) is 5.84 Å². The van der Waals surface area contributed by atoms with E-state index in [0.29, 0.717) is 15.4 Å². The highest BCUT2D eigenvalue weighted by Gasteiger charge is 2.10. The van der Waals surface area contributed by atoms with Crippen molar-refractivity contribution in [3.05, 3.63) is 44.7 Å². The van der Waals surface area contributed by atoms with Crippen LogP contribution in [-0.2, 0) is 5.75 Å². The topological polar surface area (TPSA) is 99.9 Å². The lowest BCUT2D eigenvalue weighted by molar-refractivity contribution is -0.384. The fourth-order valence-electron chi connectivity index (χ4n) is 1.24. The molecule has 1 aromatic carbocycles. The number of nitro benzene ring substituents is 1. The Labute approximate surface area is 115 Å². The summed E-state index contributed by atoms with van der Waals surface area (Å²) in [6, 6.07) is 4.64. The van der Waals surface area contributed by atoms with Crippen molar-refractivity contribution in [1.29, 1.82) is 0 Å². The van der Waals surface area contributed by atoms with E-state index < -0.39 is 4.92 Å². The molecule has 0 saturated carbocycles. The molecule has 2 N–H and O–H groups in total. The van der Waals surface area contributed by atoms with E-state index in [1.165, 1.54) is 34.9 Å². The first kappa shape index (κ1) is 12.8. The molecule has 2 aromatic rings. The zero-order chi connectivity index (χ0) is 13.1. The quantitative estimate of drug-likeness (QED) is 0.398. The number of nitro groups is 1. The zero-order valence-corrected chi connectivity index (χ0v) is 11.4. The Morgan fingerprint density at radius 1 is 1.56 bits per heavy atom. The number of benzene rings is 1. The van der Waals surface area contributed by atoms with Gasteiger partial charge >= 0.3 is 0 Å². The van der Waals surface area contributed by atoms with E-state index in [2.05, 4.69) is 26.1 Å². The van der Waals surface area contributed by atoms with Crippen molar-refractivity contribution in [2.24, 2.45) is 0 Å². The number of nitrogens with zero attached hydrogens (tertiary/aromatic N) is 4. The maximum Gasteiger partial charge on any atom is 0.270 e. The van der Waals surface area contributed by atoms with Crippen molar-refractivity contribution in [2.75, 3.05) is 5.84 Å². The van der Waals surface area contributed by atoms with Gasteiger partial charge in [0, 0.05) is 22.4 Å². The van der Waals surface area contributed by atoms with Crippen molar-refractivity contribution >= 4 is 33.4 Å². The summed E-state index contributed by atoms with van der Waals surface area (Å²) < 4.78 is 2.01. The summed E-state index contributed by atoms with van der Waals surface area (Å²) in [7, 11) is 0. The van der Waals surface area contributed by atoms with Crippen LogP contribution in [0.2, 0.25) is 0 Å². The van der Waals surface area contributed by atoms with Gasteiger partial charge in [0.05, 0.1) is 4.92 Å². The van der Waals surface area contributed by atoms with Gasteiger partial charge in [-0.1, -0.05) is 33.8 Å². The molecule has 18 heavy (non-hydrogen) atoms. The summed E-state index contributed by atoms with van der Waals surface area (Å²) in [5, 5.41) is 18.7. The fraction of sp³-hybridized carbons (Fsp3) is 0.111. The van der Waals surface area contributed by atoms with Crippen LogP contribution in [0.1, 0.15) is 5.56 Å². The third kappa shape index (κ3) is 2.79. The second-order valence-corrected chi connectivity index (χ2v) is 5.14. The van der Waals surface area contributed by atoms with Crippen LogP contribution in [0.15, 0.2) is 34.2 Å². The van der Waals surface area contributed by atoms with E-state index in [-0.39, 0.29) is 5.69 Å². The molecule has 1 heterocycles. The maximum atomic E-state index is 10.6. The lowest BCUT2D eigenvalue weighted by Gasteiger charge is -2.03. The standard InChI is InChI=1S/C9H8BrN5O2S/c10-8-3-7(15(16)17)2-1-6(8)4-18-9-13-12-5-14(9)11/h1-3,5H,4,11H2. The molecule has 0 radical (unpaired) electrons. The van der Waals surface area contributed by atoms with Crippen LogP contribution in [0.5, 0.6) is 0 Å². The van der Waals surface area contributed by atoms with E-state index in [0.717, 1.165) is 5.56 Å². The Kier molecular flexibility index (Phi) is 3.82. The zero-order valence-electron chi connectivity index (χ0n) is 8.99. The van der Waals surface area contributed by atoms with Gasteiger partial charge in [-0.3, -0.25) is 10.1 Å². The van der Waals surface area contributed by atoms with Gasteiger partial charge in [0.2, 0.25) is 5.16 Å². The molecule has 94 valence electrons. The van der Waals surface area contributed by atoms with Crippen LogP contribution in [0, 0.1) is 10.1 Å². The van der Waals surface area contributed by atoms with Gasteiger partial charge in [0.15, 0.2) is 0 Å². The van der Waals surface area contributed by atoms with E-state index in [9.17, 15) is 10.1 Å². The third-order valence-electron chi connectivity index (χ3n) is 2.14. The van der Waals surface area contributed by atoms with Gasteiger partial charge in [0.25, 0.3) is 5.69 Å². The number of hydrogen-bond acceptors (Lipinski definition) is 6. The molecule has 0 aliphatic rings. The Hall–Kier alpha value is -1.61. The van der Waals surface area contributed by atoms with Gasteiger partial charge < -0.3 is 5.84 Å². The molecule has 1 aromatic heterocycles. The van der Waals surface area contributed by atoms with E-state index in [1.807, 2.05) is 0 Å². The highest BCUT2D eigenvalue weighted by atomic mass is 79.9. The normalized spacial score (nSPS) is 10.5. The Morgan fingerprint density at radius 3 is 2.89 bits per heavy atom. The smallest absolute Gasteiger partial charge is 0.270 e. The third-order valence-corrected chi connectivity index (χ3v) is 3.89. The Morgan fingerprint density at radius 2 is 2.33 bits per heavy atom. The summed E-state index contributed by atoms with van der Waals surface area (Å²) in [5.74, 6) is 6.17. The van der Waals surface area contributed by atoms with Gasteiger partial charge in [-0.05, 0) is 5.56 Å². The number of hydrogen-bond donors (Lipinski definition) is 1. The van der Waals surface area contributed by atoms with Gasteiger partial charge in [-0.25, -0.2) is 4.68 Å². The number of nitrogen functional groups attached to an aromatic ring is 1. The van der Waals surface area contributed by atoms with Crippen LogP contribution in [0.3, 0.4) is 0 Å².